The fraction of sp³-hybridized carbons (Fsp3) is 0.226. The number of halogens is 2. The first-order valence-corrected chi connectivity index (χ1v) is 14.4. The molecule has 0 unspecified atom stereocenters. The van der Waals surface area contributed by atoms with Crippen molar-refractivity contribution in [3.05, 3.63) is 116 Å². The van der Waals surface area contributed by atoms with Gasteiger partial charge in [0, 0.05) is 30.7 Å². The van der Waals surface area contributed by atoms with Crippen LogP contribution in [0.3, 0.4) is 0 Å². The van der Waals surface area contributed by atoms with Crippen LogP contribution in [0.15, 0.2) is 77.8 Å². The van der Waals surface area contributed by atoms with Crippen LogP contribution in [-0.4, -0.2) is 30.2 Å². The van der Waals surface area contributed by atoms with Crippen molar-refractivity contribution in [2.24, 2.45) is 4.99 Å². The Balaban J connectivity index is 1.33. The SMILES string of the molecule is CCOC(=O)c1c(N=Cc2cccc(OCc3ccc(Cl)c(Cl)c3)c2)sc2c1CCN(Cc1ccccc1)C2. The van der Waals surface area contributed by atoms with E-state index in [4.69, 9.17) is 37.7 Å². The van der Waals surface area contributed by atoms with Gasteiger partial charge in [0.25, 0.3) is 0 Å². The van der Waals surface area contributed by atoms with Crippen molar-refractivity contribution in [3.63, 3.8) is 0 Å². The molecule has 0 radical (unpaired) electrons. The second-order valence-electron chi connectivity index (χ2n) is 9.22. The number of aliphatic imine (C=N–C) groups is 1. The maximum absolute atomic E-state index is 13.0. The molecule has 0 atom stereocenters. The van der Waals surface area contributed by atoms with Crippen molar-refractivity contribution >= 4 is 51.7 Å². The highest BCUT2D eigenvalue weighted by molar-refractivity contribution is 7.16. The average molecular weight is 580 g/mol. The van der Waals surface area contributed by atoms with Gasteiger partial charge in [-0.2, -0.15) is 0 Å². The number of esters is 1. The molecule has 3 aromatic carbocycles. The summed E-state index contributed by atoms with van der Waals surface area (Å²) in [6.45, 7) is 5.05. The lowest BCUT2D eigenvalue weighted by atomic mass is 10.0. The largest absolute Gasteiger partial charge is 0.489 e. The lowest BCUT2D eigenvalue weighted by Crippen LogP contribution is -2.29. The van der Waals surface area contributed by atoms with Gasteiger partial charge in [0.05, 0.1) is 22.2 Å². The van der Waals surface area contributed by atoms with E-state index in [1.165, 1.54) is 10.4 Å². The molecule has 4 aromatic rings. The molecule has 0 spiro atoms. The van der Waals surface area contributed by atoms with Gasteiger partial charge in [-0.15, -0.1) is 11.3 Å². The fourth-order valence-corrected chi connectivity index (χ4v) is 6.08. The number of thiophene rings is 1. The van der Waals surface area contributed by atoms with E-state index in [-0.39, 0.29) is 5.97 Å². The van der Waals surface area contributed by atoms with Gasteiger partial charge in [0.15, 0.2) is 0 Å². The number of rotatable bonds is 9. The predicted octanol–water partition coefficient (Wildman–Crippen LogP) is 8.12. The summed E-state index contributed by atoms with van der Waals surface area (Å²) in [7, 11) is 0. The van der Waals surface area contributed by atoms with Crippen LogP contribution in [0.4, 0.5) is 5.00 Å². The number of hydrogen-bond donors (Lipinski definition) is 0. The third kappa shape index (κ3) is 6.89. The van der Waals surface area contributed by atoms with E-state index in [1.54, 1.807) is 29.7 Å². The second kappa shape index (κ2) is 12.8. The van der Waals surface area contributed by atoms with Crippen molar-refractivity contribution in [3.8, 4) is 5.75 Å². The van der Waals surface area contributed by atoms with E-state index in [0.29, 0.717) is 39.6 Å². The van der Waals surface area contributed by atoms with Gasteiger partial charge in [-0.3, -0.25) is 4.90 Å². The van der Waals surface area contributed by atoms with Crippen LogP contribution < -0.4 is 4.74 Å². The molecular weight excluding hydrogens is 551 g/mol. The quantitative estimate of drug-likeness (QED) is 0.148. The minimum Gasteiger partial charge on any atom is -0.489 e. The lowest BCUT2D eigenvalue weighted by Gasteiger charge is -2.27. The summed E-state index contributed by atoms with van der Waals surface area (Å²) in [5.41, 5.74) is 4.73. The molecule has 5 nitrogen and oxygen atoms in total. The smallest absolute Gasteiger partial charge is 0.341 e. The predicted molar refractivity (Wildman–Crippen MR) is 159 cm³/mol. The number of hydrogen-bond acceptors (Lipinski definition) is 6. The molecule has 39 heavy (non-hydrogen) atoms. The topological polar surface area (TPSA) is 51.1 Å². The van der Waals surface area contributed by atoms with E-state index < -0.39 is 0 Å². The zero-order valence-electron chi connectivity index (χ0n) is 21.5. The van der Waals surface area contributed by atoms with Crippen molar-refractivity contribution in [1.82, 2.24) is 4.90 Å². The Bertz CT molecular complexity index is 1490. The molecule has 8 heteroatoms. The number of carbonyl (C=O) groups is 1. The third-order valence-electron chi connectivity index (χ3n) is 6.42. The highest BCUT2D eigenvalue weighted by Gasteiger charge is 2.28. The van der Waals surface area contributed by atoms with Crippen LogP contribution in [0, 0.1) is 0 Å². The van der Waals surface area contributed by atoms with E-state index in [9.17, 15) is 4.79 Å². The summed E-state index contributed by atoms with van der Waals surface area (Å²) >= 11 is 13.7. The first kappa shape index (κ1) is 27.4. The summed E-state index contributed by atoms with van der Waals surface area (Å²) in [6, 6.07) is 23.6. The normalized spacial score (nSPS) is 13.4. The number of nitrogens with zero attached hydrogens (tertiary/aromatic N) is 2. The van der Waals surface area contributed by atoms with Crippen molar-refractivity contribution < 1.29 is 14.3 Å². The summed E-state index contributed by atoms with van der Waals surface area (Å²) in [6.07, 6.45) is 2.56. The number of ether oxygens (including phenoxy) is 2. The maximum atomic E-state index is 13.0. The molecule has 0 saturated heterocycles. The molecule has 1 aromatic heterocycles. The lowest BCUT2D eigenvalue weighted by molar-refractivity contribution is 0.0526. The Morgan fingerprint density at radius 2 is 1.87 bits per heavy atom. The van der Waals surface area contributed by atoms with Gasteiger partial charge < -0.3 is 9.47 Å². The molecule has 200 valence electrons. The molecule has 1 aliphatic rings. The zero-order valence-corrected chi connectivity index (χ0v) is 23.9. The molecule has 0 aliphatic carbocycles. The van der Waals surface area contributed by atoms with E-state index >= 15 is 0 Å². The molecule has 0 amide bonds. The van der Waals surface area contributed by atoms with Gasteiger partial charge in [-0.25, -0.2) is 9.79 Å². The van der Waals surface area contributed by atoms with Gasteiger partial charge in [-0.1, -0.05) is 71.7 Å². The number of carbonyl (C=O) groups excluding carboxylic acids is 1. The fourth-order valence-electron chi connectivity index (χ4n) is 4.54. The van der Waals surface area contributed by atoms with Gasteiger partial charge >= 0.3 is 5.97 Å². The van der Waals surface area contributed by atoms with Gasteiger partial charge in [0.2, 0.25) is 0 Å². The molecule has 1 aliphatic heterocycles. The Morgan fingerprint density at radius 3 is 2.67 bits per heavy atom. The molecule has 2 heterocycles. The molecule has 0 fully saturated rings. The van der Waals surface area contributed by atoms with Crippen LogP contribution in [-0.2, 0) is 30.9 Å². The number of benzene rings is 3. The number of fused-ring (bicyclic) bond motifs is 1. The Labute approximate surface area is 242 Å². The van der Waals surface area contributed by atoms with E-state index in [1.807, 2.05) is 43.3 Å². The molecular formula is C31H28Cl2N2O3S. The van der Waals surface area contributed by atoms with Crippen molar-refractivity contribution in [2.45, 2.75) is 33.0 Å². The molecule has 0 bridgehead atoms. The Hall–Kier alpha value is -3.16. The Kier molecular flexibility index (Phi) is 8.99. The van der Waals surface area contributed by atoms with Gasteiger partial charge in [-0.05, 0) is 59.9 Å². The molecule has 0 N–H and O–H groups in total. The summed E-state index contributed by atoms with van der Waals surface area (Å²) in [4.78, 5) is 21.3. The second-order valence-corrected chi connectivity index (χ2v) is 11.1. The average Bonchev–Trinajstić information content (AvgIpc) is 3.31. The molecule has 5 rings (SSSR count). The highest BCUT2D eigenvalue weighted by Crippen LogP contribution is 2.40. The van der Waals surface area contributed by atoms with Crippen LogP contribution >= 0.6 is 34.5 Å². The first-order chi connectivity index (χ1) is 19.0. The minimum atomic E-state index is -0.308. The van der Waals surface area contributed by atoms with Crippen LogP contribution in [0.5, 0.6) is 5.75 Å². The first-order valence-electron chi connectivity index (χ1n) is 12.8. The summed E-state index contributed by atoms with van der Waals surface area (Å²) in [5, 5.41) is 1.69. The van der Waals surface area contributed by atoms with Crippen LogP contribution in [0.1, 0.15) is 44.4 Å². The van der Waals surface area contributed by atoms with E-state index in [0.717, 1.165) is 42.7 Å². The van der Waals surface area contributed by atoms with Gasteiger partial charge in [0.1, 0.15) is 17.4 Å². The maximum Gasteiger partial charge on any atom is 0.341 e. The minimum absolute atomic E-state index is 0.308. The van der Waals surface area contributed by atoms with Crippen LogP contribution in [0.2, 0.25) is 10.0 Å². The Morgan fingerprint density at radius 1 is 1.03 bits per heavy atom. The summed E-state index contributed by atoms with van der Waals surface area (Å²) < 4.78 is 11.4. The zero-order chi connectivity index (χ0) is 27.2. The highest BCUT2D eigenvalue weighted by atomic mass is 35.5. The van der Waals surface area contributed by atoms with Crippen molar-refractivity contribution in [1.29, 1.82) is 0 Å². The summed E-state index contributed by atoms with van der Waals surface area (Å²) in [5.74, 6) is 0.398. The van der Waals surface area contributed by atoms with Crippen LogP contribution in [0.25, 0.3) is 0 Å². The van der Waals surface area contributed by atoms with Crippen molar-refractivity contribution in [2.75, 3.05) is 13.2 Å². The third-order valence-corrected chi connectivity index (χ3v) is 8.29. The van der Waals surface area contributed by atoms with E-state index in [2.05, 4.69) is 29.2 Å². The monoisotopic (exact) mass is 578 g/mol. The molecule has 0 saturated carbocycles. The standard InChI is InChI=1S/C31H28Cl2N2O3S/c1-2-37-31(36)29-25-13-14-35(18-21-7-4-3-5-8-21)19-28(25)39-30(29)34-17-22-9-6-10-24(15-22)38-20-23-11-12-26(32)27(33)16-23/h3-12,15-17H,2,13-14,18-20H2,1H3.